The van der Waals surface area contributed by atoms with E-state index in [2.05, 4.69) is 18.0 Å². The van der Waals surface area contributed by atoms with Crippen LogP contribution in [0.1, 0.15) is 78.1 Å². The van der Waals surface area contributed by atoms with Gasteiger partial charge in [0.05, 0.1) is 17.2 Å². The highest BCUT2D eigenvalue weighted by atomic mass is 35.5. The van der Waals surface area contributed by atoms with Gasteiger partial charge in [-0.2, -0.15) is 0 Å². The van der Waals surface area contributed by atoms with Gasteiger partial charge >= 0.3 is 5.97 Å². The van der Waals surface area contributed by atoms with Crippen LogP contribution >= 0.6 is 11.6 Å². The Kier molecular flexibility index (Phi) is 8.59. The molecule has 4 rings (SSSR count). The first-order valence-corrected chi connectivity index (χ1v) is 12.8. The Balaban J connectivity index is 1.63. The van der Waals surface area contributed by atoms with Crippen LogP contribution in [-0.4, -0.2) is 17.6 Å². The van der Waals surface area contributed by atoms with Crippen LogP contribution in [0.2, 0.25) is 5.02 Å². The van der Waals surface area contributed by atoms with Crippen LogP contribution < -0.4 is 4.74 Å². The maximum absolute atomic E-state index is 12.8. The van der Waals surface area contributed by atoms with E-state index in [9.17, 15) is 4.79 Å². The normalized spacial score (nSPS) is 13.2. The number of rotatable bonds is 10. The molecule has 0 saturated heterocycles. The number of pyridine rings is 1. The predicted octanol–water partition coefficient (Wildman–Crippen LogP) is 8.06. The molecule has 0 saturated carbocycles. The topological polar surface area (TPSA) is 48.4 Å². The van der Waals surface area contributed by atoms with Gasteiger partial charge in [-0.05, 0) is 72.6 Å². The van der Waals surface area contributed by atoms with Crippen molar-refractivity contribution in [1.82, 2.24) is 4.98 Å². The number of unbranched alkanes of at least 4 members (excludes halogenated alkanes) is 2. The molecule has 5 heteroatoms. The molecule has 2 aromatic carbocycles. The average molecular weight is 490 g/mol. The molecule has 0 aliphatic heterocycles. The molecule has 0 spiro atoms. The van der Waals surface area contributed by atoms with Gasteiger partial charge in [0.1, 0.15) is 6.61 Å². The van der Waals surface area contributed by atoms with Gasteiger partial charge in [0.2, 0.25) is 5.88 Å². The smallest absolute Gasteiger partial charge is 0.338 e. The minimum absolute atomic E-state index is 0.253. The molecule has 35 heavy (non-hydrogen) atoms. The molecule has 0 atom stereocenters. The summed E-state index contributed by atoms with van der Waals surface area (Å²) in [6, 6.07) is 18.0. The number of ether oxygens (including phenoxy) is 2. The second-order valence-corrected chi connectivity index (χ2v) is 9.40. The minimum Gasteiger partial charge on any atom is -0.472 e. The lowest BCUT2D eigenvalue weighted by atomic mass is 9.95. The summed E-state index contributed by atoms with van der Waals surface area (Å²) in [6.45, 7) is 4.98. The molecular formula is C30H32ClNO3. The summed E-state index contributed by atoms with van der Waals surface area (Å²) < 4.78 is 11.7. The Bertz CT molecular complexity index is 1200. The van der Waals surface area contributed by atoms with Gasteiger partial charge in [0, 0.05) is 11.8 Å². The Morgan fingerprint density at radius 3 is 2.63 bits per heavy atom. The van der Waals surface area contributed by atoms with Crippen molar-refractivity contribution < 1.29 is 14.3 Å². The zero-order valence-corrected chi connectivity index (χ0v) is 21.2. The van der Waals surface area contributed by atoms with Crippen molar-refractivity contribution in [3.63, 3.8) is 0 Å². The van der Waals surface area contributed by atoms with E-state index in [1.165, 1.54) is 11.1 Å². The van der Waals surface area contributed by atoms with Crippen molar-refractivity contribution in [2.24, 2.45) is 0 Å². The molecule has 182 valence electrons. The van der Waals surface area contributed by atoms with Gasteiger partial charge in [0.15, 0.2) is 0 Å². The third-order valence-electron chi connectivity index (χ3n) is 6.37. The van der Waals surface area contributed by atoms with Gasteiger partial charge in [-0.15, -0.1) is 0 Å². The van der Waals surface area contributed by atoms with E-state index < -0.39 is 0 Å². The Hall–Kier alpha value is -3.11. The quantitative estimate of drug-likeness (QED) is 0.213. The molecule has 4 nitrogen and oxygen atoms in total. The number of nitrogens with zero attached hydrogens (tertiary/aromatic N) is 1. The standard InChI is InChI=1S/C30H32ClNO3/c1-3-4-8-16-34-30(33)27-17-23(15-14-21(27)2)25-12-9-13-26(25)28-18-24(31)19-32-29(28)35-20-22-10-6-5-7-11-22/h5-7,10-11,14-15,17-19H,3-4,8-9,12-13,16,20H2,1-2H3. The van der Waals surface area contributed by atoms with Crippen LogP contribution in [0.5, 0.6) is 5.88 Å². The first kappa shape index (κ1) is 25.0. The number of carbonyl (C=O) groups excluding carboxylic acids is 1. The molecule has 0 bridgehead atoms. The molecule has 0 fully saturated rings. The van der Waals surface area contributed by atoms with Gasteiger partial charge in [0.25, 0.3) is 0 Å². The fourth-order valence-electron chi connectivity index (χ4n) is 4.47. The number of halogens is 1. The van der Waals surface area contributed by atoms with E-state index in [-0.39, 0.29) is 5.97 Å². The SMILES string of the molecule is CCCCCOC(=O)c1cc(C2=C(c3cc(Cl)cnc3OCc3ccccc3)CCC2)ccc1C. The third kappa shape index (κ3) is 6.32. The zero-order chi connectivity index (χ0) is 24.6. The second-order valence-electron chi connectivity index (χ2n) is 8.96. The summed E-state index contributed by atoms with van der Waals surface area (Å²) in [6.07, 6.45) is 7.53. The van der Waals surface area contributed by atoms with Gasteiger partial charge < -0.3 is 9.47 Å². The minimum atomic E-state index is -0.253. The van der Waals surface area contributed by atoms with Crippen LogP contribution in [0.3, 0.4) is 0 Å². The van der Waals surface area contributed by atoms with Crippen molar-refractivity contribution in [2.45, 2.75) is 59.0 Å². The molecule has 1 aliphatic carbocycles. The van der Waals surface area contributed by atoms with E-state index in [1.54, 1.807) is 6.20 Å². The molecule has 1 aliphatic rings. The molecule has 1 aromatic heterocycles. The van der Waals surface area contributed by atoms with Gasteiger partial charge in [-0.1, -0.05) is 73.8 Å². The van der Waals surface area contributed by atoms with Gasteiger partial charge in [-0.25, -0.2) is 9.78 Å². The number of carbonyl (C=O) groups is 1. The first-order chi connectivity index (χ1) is 17.1. The molecule has 0 unspecified atom stereocenters. The highest BCUT2D eigenvalue weighted by molar-refractivity contribution is 6.30. The van der Waals surface area contributed by atoms with Crippen LogP contribution in [-0.2, 0) is 11.3 Å². The lowest BCUT2D eigenvalue weighted by Crippen LogP contribution is -2.09. The van der Waals surface area contributed by atoms with E-state index in [1.807, 2.05) is 55.5 Å². The summed E-state index contributed by atoms with van der Waals surface area (Å²) in [5, 5.41) is 0.575. The Morgan fingerprint density at radius 1 is 1.03 bits per heavy atom. The number of aromatic nitrogens is 1. The number of aryl methyl sites for hydroxylation is 1. The number of esters is 1. The fourth-order valence-corrected chi connectivity index (χ4v) is 4.63. The van der Waals surface area contributed by atoms with Crippen LogP contribution in [0.4, 0.5) is 0 Å². The summed E-state index contributed by atoms with van der Waals surface area (Å²) in [7, 11) is 0. The largest absolute Gasteiger partial charge is 0.472 e. The van der Waals surface area contributed by atoms with E-state index >= 15 is 0 Å². The summed E-state index contributed by atoms with van der Waals surface area (Å²) in [5.74, 6) is 0.326. The number of hydrogen-bond donors (Lipinski definition) is 0. The summed E-state index contributed by atoms with van der Waals surface area (Å²) in [4.78, 5) is 17.3. The van der Waals surface area contributed by atoms with E-state index in [0.29, 0.717) is 29.7 Å². The molecule has 0 N–H and O–H groups in total. The third-order valence-corrected chi connectivity index (χ3v) is 6.57. The molecule has 0 radical (unpaired) electrons. The summed E-state index contributed by atoms with van der Waals surface area (Å²) in [5.41, 5.74) is 6.97. The maximum Gasteiger partial charge on any atom is 0.338 e. The van der Waals surface area contributed by atoms with Crippen LogP contribution in [0.25, 0.3) is 11.1 Å². The zero-order valence-electron chi connectivity index (χ0n) is 20.5. The molecule has 0 amide bonds. The first-order valence-electron chi connectivity index (χ1n) is 12.4. The van der Waals surface area contributed by atoms with Crippen LogP contribution in [0.15, 0.2) is 60.8 Å². The highest BCUT2D eigenvalue weighted by Gasteiger charge is 2.23. The number of hydrogen-bond acceptors (Lipinski definition) is 4. The van der Waals surface area contributed by atoms with Crippen molar-refractivity contribution in [1.29, 1.82) is 0 Å². The van der Waals surface area contributed by atoms with E-state index in [0.717, 1.165) is 60.8 Å². The Labute approximate surface area is 213 Å². The lowest BCUT2D eigenvalue weighted by molar-refractivity contribution is 0.0497. The predicted molar refractivity (Wildman–Crippen MR) is 142 cm³/mol. The molecule has 1 heterocycles. The number of allylic oxidation sites excluding steroid dienone is 2. The molecular weight excluding hydrogens is 458 g/mol. The van der Waals surface area contributed by atoms with Crippen LogP contribution in [0, 0.1) is 6.92 Å². The monoisotopic (exact) mass is 489 g/mol. The van der Waals surface area contributed by atoms with E-state index in [4.69, 9.17) is 21.1 Å². The molecule has 3 aromatic rings. The number of benzene rings is 2. The average Bonchev–Trinajstić information content (AvgIpc) is 3.36. The van der Waals surface area contributed by atoms with Crippen molar-refractivity contribution in [3.8, 4) is 5.88 Å². The maximum atomic E-state index is 12.8. The van der Waals surface area contributed by atoms with Gasteiger partial charge in [-0.3, -0.25) is 0 Å². The highest BCUT2D eigenvalue weighted by Crippen LogP contribution is 2.43. The fraction of sp³-hybridized carbons (Fsp3) is 0.333. The van der Waals surface area contributed by atoms with Crippen molar-refractivity contribution in [3.05, 3.63) is 93.6 Å². The Morgan fingerprint density at radius 2 is 1.83 bits per heavy atom. The van der Waals surface area contributed by atoms with Crippen molar-refractivity contribution >= 4 is 28.7 Å². The van der Waals surface area contributed by atoms with Crippen molar-refractivity contribution in [2.75, 3.05) is 6.61 Å². The summed E-state index contributed by atoms with van der Waals surface area (Å²) >= 11 is 6.36. The second kappa shape index (κ2) is 12.0. The lowest BCUT2D eigenvalue weighted by Gasteiger charge is -2.15.